The molecule has 2 saturated heterocycles. The van der Waals surface area contributed by atoms with Gasteiger partial charge in [-0.2, -0.15) is 5.10 Å². The molecule has 6 nitrogen and oxygen atoms in total. The third-order valence-electron chi connectivity index (χ3n) is 5.82. The van der Waals surface area contributed by atoms with Crippen LogP contribution < -0.4 is 0 Å². The second-order valence-electron chi connectivity index (χ2n) is 7.36. The Bertz CT molecular complexity index is 622. The highest BCUT2D eigenvalue weighted by atomic mass is 32.1. The number of aliphatic hydroxyl groups excluding tert-OH is 1. The molecule has 4 rings (SSSR count). The third-order valence-corrected chi connectivity index (χ3v) is 6.30. The van der Waals surface area contributed by atoms with Crippen LogP contribution in [0.15, 0.2) is 0 Å². The van der Waals surface area contributed by atoms with E-state index in [0.29, 0.717) is 10.6 Å². The Morgan fingerprint density at radius 2 is 2.04 bits per heavy atom. The van der Waals surface area contributed by atoms with Crippen LogP contribution in [0.2, 0.25) is 0 Å². The van der Waals surface area contributed by atoms with Crippen molar-refractivity contribution in [2.24, 2.45) is 13.0 Å². The number of hydrogen-bond donors (Lipinski definition) is 1. The first kappa shape index (κ1) is 15.7. The van der Waals surface area contributed by atoms with Gasteiger partial charge < -0.3 is 9.67 Å². The number of piperidine rings is 2. The molecule has 0 radical (unpaired) electrons. The van der Waals surface area contributed by atoms with Gasteiger partial charge in [-0.1, -0.05) is 0 Å². The molecule has 0 aromatic carbocycles. The molecule has 3 fully saturated rings. The summed E-state index contributed by atoms with van der Waals surface area (Å²) in [4.78, 5) is 5.29. The number of aromatic nitrogens is 3. The molecule has 1 aromatic rings. The molecule has 1 aromatic heterocycles. The summed E-state index contributed by atoms with van der Waals surface area (Å²) < 4.78 is 4.36. The third kappa shape index (κ3) is 2.99. The molecule has 2 aliphatic heterocycles. The highest BCUT2D eigenvalue weighted by Crippen LogP contribution is 2.38. The van der Waals surface area contributed by atoms with E-state index in [1.165, 1.54) is 38.6 Å². The van der Waals surface area contributed by atoms with E-state index in [9.17, 15) is 5.11 Å². The van der Waals surface area contributed by atoms with Crippen LogP contribution in [0.25, 0.3) is 0 Å². The summed E-state index contributed by atoms with van der Waals surface area (Å²) in [5.41, 5.74) is 0. The number of fused-ring (bicyclic) bond motifs is 1. The summed E-state index contributed by atoms with van der Waals surface area (Å²) >= 11 is 5.44. The van der Waals surface area contributed by atoms with Gasteiger partial charge in [0.2, 0.25) is 0 Å². The van der Waals surface area contributed by atoms with Crippen molar-refractivity contribution < 1.29 is 5.11 Å². The quantitative estimate of drug-likeness (QED) is 0.841. The lowest BCUT2D eigenvalue weighted by Crippen LogP contribution is -2.54. The van der Waals surface area contributed by atoms with Crippen molar-refractivity contribution in [3.05, 3.63) is 10.6 Å². The topological polar surface area (TPSA) is 49.5 Å². The van der Waals surface area contributed by atoms with E-state index in [-0.39, 0.29) is 6.61 Å². The minimum absolute atomic E-state index is 0.0613. The summed E-state index contributed by atoms with van der Waals surface area (Å²) in [6.45, 7) is 4.28. The van der Waals surface area contributed by atoms with Crippen LogP contribution in [-0.2, 0) is 20.3 Å². The number of nitrogens with zero attached hydrogens (tertiary/aromatic N) is 5. The summed E-state index contributed by atoms with van der Waals surface area (Å²) in [7, 11) is 1.87. The van der Waals surface area contributed by atoms with E-state index in [4.69, 9.17) is 12.2 Å². The van der Waals surface area contributed by atoms with Crippen LogP contribution in [0, 0.1) is 10.7 Å². The lowest BCUT2D eigenvalue weighted by Gasteiger charge is -2.47. The van der Waals surface area contributed by atoms with Crippen LogP contribution in [0.4, 0.5) is 0 Å². The normalized spacial score (nSPS) is 29.7. The summed E-state index contributed by atoms with van der Waals surface area (Å²) in [6, 6.07) is 1.70. The van der Waals surface area contributed by atoms with E-state index < -0.39 is 0 Å². The van der Waals surface area contributed by atoms with Crippen LogP contribution in [-0.4, -0.2) is 61.0 Å². The van der Waals surface area contributed by atoms with Crippen LogP contribution in [0.3, 0.4) is 0 Å². The first-order valence-electron chi connectivity index (χ1n) is 8.89. The molecule has 23 heavy (non-hydrogen) atoms. The van der Waals surface area contributed by atoms with Gasteiger partial charge in [-0.05, 0) is 56.8 Å². The summed E-state index contributed by atoms with van der Waals surface area (Å²) in [5.74, 6) is 1.44. The van der Waals surface area contributed by atoms with Crippen molar-refractivity contribution in [3.8, 4) is 0 Å². The highest BCUT2D eigenvalue weighted by Gasteiger charge is 2.41. The zero-order chi connectivity index (χ0) is 16.0. The van der Waals surface area contributed by atoms with Gasteiger partial charge in [-0.3, -0.25) is 9.80 Å². The Kier molecular flexibility index (Phi) is 4.30. The van der Waals surface area contributed by atoms with Crippen molar-refractivity contribution in [3.63, 3.8) is 0 Å². The fraction of sp³-hybridized carbons (Fsp3) is 0.875. The molecule has 0 bridgehead atoms. The van der Waals surface area contributed by atoms with Gasteiger partial charge in [0.1, 0.15) is 6.61 Å². The lowest BCUT2D eigenvalue weighted by molar-refractivity contribution is 0.00607. The first-order chi connectivity index (χ1) is 11.2. The van der Waals surface area contributed by atoms with Crippen LogP contribution in [0.1, 0.15) is 37.9 Å². The number of hydrogen-bond acceptors (Lipinski definition) is 5. The molecule has 128 valence electrons. The Balaban J connectivity index is 1.43. The summed E-state index contributed by atoms with van der Waals surface area (Å²) in [6.07, 6.45) is 6.82. The van der Waals surface area contributed by atoms with E-state index in [2.05, 4.69) is 14.9 Å². The smallest absolute Gasteiger partial charge is 0.198 e. The molecule has 2 unspecified atom stereocenters. The minimum atomic E-state index is -0.0613. The standard InChI is InChI=1S/C16H27N5OS/c1-18-15(10-22)17-21(16(18)23)11-19-8-6-14-12(9-19)3-2-7-20(14)13-4-5-13/h12-14,22H,2-11H2,1H3. The Hall–Kier alpha value is -0.760. The lowest BCUT2D eigenvalue weighted by atomic mass is 9.84. The Morgan fingerprint density at radius 3 is 2.74 bits per heavy atom. The SMILES string of the molecule is Cn1c(CO)nn(CN2CCC3C(CCCN3C3CC3)C2)c1=S. The molecular formula is C16H27N5OS. The zero-order valence-corrected chi connectivity index (χ0v) is 14.7. The second-order valence-corrected chi connectivity index (χ2v) is 7.73. The van der Waals surface area contributed by atoms with E-state index in [1.807, 2.05) is 11.7 Å². The maximum absolute atomic E-state index is 9.34. The first-order valence-corrected chi connectivity index (χ1v) is 9.30. The molecule has 1 saturated carbocycles. The molecule has 0 spiro atoms. The summed E-state index contributed by atoms with van der Waals surface area (Å²) in [5, 5.41) is 13.8. The van der Waals surface area contributed by atoms with E-state index >= 15 is 0 Å². The van der Waals surface area contributed by atoms with Crippen molar-refractivity contribution in [1.29, 1.82) is 0 Å². The van der Waals surface area contributed by atoms with Gasteiger partial charge in [-0.25, -0.2) is 4.68 Å². The van der Waals surface area contributed by atoms with Gasteiger partial charge in [0.15, 0.2) is 10.6 Å². The predicted octanol–water partition coefficient (Wildman–Crippen LogP) is 1.35. The Morgan fingerprint density at radius 1 is 1.22 bits per heavy atom. The number of likely N-dealkylation sites (tertiary alicyclic amines) is 2. The molecule has 1 N–H and O–H groups in total. The molecule has 0 amide bonds. The molecule has 7 heteroatoms. The number of aliphatic hydroxyl groups is 1. The Labute approximate surface area is 142 Å². The zero-order valence-electron chi connectivity index (χ0n) is 13.9. The number of rotatable bonds is 4. The fourth-order valence-corrected chi connectivity index (χ4v) is 4.66. The maximum Gasteiger partial charge on any atom is 0.198 e. The fourth-order valence-electron chi connectivity index (χ4n) is 4.46. The van der Waals surface area contributed by atoms with Gasteiger partial charge in [0, 0.05) is 32.2 Å². The van der Waals surface area contributed by atoms with Gasteiger partial charge in [0.05, 0.1) is 6.67 Å². The highest BCUT2D eigenvalue weighted by molar-refractivity contribution is 7.71. The molecule has 3 aliphatic rings. The van der Waals surface area contributed by atoms with Crippen molar-refractivity contribution in [1.82, 2.24) is 24.1 Å². The van der Waals surface area contributed by atoms with Gasteiger partial charge in [0.25, 0.3) is 0 Å². The molecule has 2 atom stereocenters. The van der Waals surface area contributed by atoms with E-state index in [1.54, 1.807) is 4.57 Å². The van der Waals surface area contributed by atoms with Crippen molar-refractivity contribution in [2.45, 2.75) is 57.5 Å². The van der Waals surface area contributed by atoms with Crippen molar-refractivity contribution >= 4 is 12.2 Å². The predicted molar refractivity (Wildman–Crippen MR) is 90.4 cm³/mol. The van der Waals surface area contributed by atoms with Gasteiger partial charge in [-0.15, -0.1) is 0 Å². The average Bonchev–Trinajstić information content (AvgIpc) is 3.37. The maximum atomic E-state index is 9.34. The molecule has 3 heterocycles. The monoisotopic (exact) mass is 337 g/mol. The molecular weight excluding hydrogens is 310 g/mol. The second kappa shape index (κ2) is 6.27. The van der Waals surface area contributed by atoms with Crippen LogP contribution >= 0.6 is 12.2 Å². The van der Waals surface area contributed by atoms with Crippen molar-refractivity contribution in [2.75, 3.05) is 19.6 Å². The average molecular weight is 337 g/mol. The van der Waals surface area contributed by atoms with Crippen LogP contribution in [0.5, 0.6) is 0 Å². The van der Waals surface area contributed by atoms with Gasteiger partial charge >= 0.3 is 0 Å². The minimum Gasteiger partial charge on any atom is -0.388 e. The molecule has 1 aliphatic carbocycles. The largest absolute Gasteiger partial charge is 0.388 e. The van der Waals surface area contributed by atoms with E-state index in [0.717, 1.165) is 37.8 Å².